The van der Waals surface area contributed by atoms with Crippen molar-refractivity contribution in [3.63, 3.8) is 0 Å². The summed E-state index contributed by atoms with van der Waals surface area (Å²) in [6.07, 6.45) is 6.84. The summed E-state index contributed by atoms with van der Waals surface area (Å²) in [7, 11) is 0. The summed E-state index contributed by atoms with van der Waals surface area (Å²) in [6.45, 7) is 1.94. The van der Waals surface area contributed by atoms with Gasteiger partial charge in [0, 0.05) is 36.6 Å². The van der Waals surface area contributed by atoms with Crippen LogP contribution in [0.3, 0.4) is 0 Å². The maximum Gasteiger partial charge on any atom is 0.230 e. The molecule has 3 aromatic heterocycles. The molecule has 4 heterocycles. The van der Waals surface area contributed by atoms with Crippen LogP contribution in [0.4, 0.5) is 5.82 Å². The number of nitrogens with zero attached hydrogens (tertiary/aromatic N) is 3. The lowest BCUT2D eigenvalue weighted by atomic mass is 10.1. The number of aromatic amines is 1. The summed E-state index contributed by atoms with van der Waals surface area (Å²) in [6, 6.07) is 6.05. The van der Waals surface area contributed by atoms with E-state index in [-0.39, 0.29) is 5.91 Å². The third kappa shape index (κ3) is 2.83. The summed E-state index contributed by atoms with van der Waals surface area (Å²) in [4.78, 5) is 19.6. The van der Waals surface area contributed by atoms with Crippen molar-refractivity contribution in [2.24, 2.45) is 0 Å². The lowest BCUT2D eigenvalue weighted by Gasteiger charge is -2.08. The number of carbonyl (C=O) groups excluding carboxylic acids is 1. The second kappa shape index (κ2) is 5.85. The third-order valence-electron chi connectivity index (χ3n) is 4.17. The van der Waals surface area contributed by atoms with Crippen LogP contribution in [0.25, 0.3) is 11.0 Å². The van der Waals surface area contributed by atoms with Gasteiger partial charge in [0.25, 0.3) is 0 Å². The fourth-order valence-corrected chi connectivity index (χ4v) is 2.99. The molecular formula is C16H18N6O. The first kappa shape index (κ1) is 14.0. The molecule has 1 fully saturated rings. The van der Waals surface area contributed by atoms with Gasteiger partial charge in [-0.25, -0.2) is 4.98 Å². The highest BCUT2D eigenvalue weighted by Gasteiger charge is 2.17. The molecule has 0 saturated carbocycles. The predicted octanol–water partition coefficient (Wildman–Crippen LogP) is 1.47. The van der Waals surface area contributed by atoms with Crippen LogP contribution < -0.4 is 10.6 Å². The van der Waals surface area contributed by atoms with Crippen molar-refractivity contribution < 1.29 is 4.79 Å². The summed E-state index contributed by atoms with van der Waals surface area (Å²) < 4.78 is 1.92. The van der Waals surface area contributed by atoms with E-state index in [1.165, 1.54) is 0 Å². The molecular weight excluding hydrogens is 292 g/mol. The van der Waals surface area contributed by atoms with Crippen molar-refractivity contribution in [1.29, 1.82) is 0 Å². The minimum atomic E-state index is -0.0791. The van der Waals surface area contributed by atoms with Crippen molar-refractivity contribution in [2.45, 2.75) is 18.9 Å². The molecule has 1 aliphatic rings. The Bertz CT molecular complexity index is 830. The summed E-state index contributed by atoms with van der Waals surface area (Å²) in [5.41, 5.74) is 1.73. The van der Waals surface area contributed by atoms with E-state index >= 15 is 0 Å². The smallest absolute Gasteiger partial charge is 0.230 e. The van der Waals surface area contributed by atoms with Gasteiger partial charge in [0.15, 0.2) is 5.82 Å². The van der Waals surface area contributed by atoms with E-state index in [0.29, 0.717) is 18.3 Å². The van der Waals surface area contributed by atoms with E-state index in [9.17, 15) is 4.79 Å². The van der Waals surface area contributed by atoms with E-state index in [0.717, 1.165) is 36.1 Å². The van der Waals surface area contributed by atoms with Crippen molar-refractivity contribution in [1.82, 2.24) is 25.1 Å². The Morgan fingerprint density at radius 3 is 3.26 bits per heavy atom. The number of nitrogens with one attached hydrogen (secondary N) is 3. The zero-order valence-corrected chi connectivity index (χ0v) is 12.6. The Morgan fingerprint density at radius 2 is 2.39 bits per heavy atom. The van der Waals surface area contributed by atoms with Gasteiger partial charge in [0.1, 0.15) is 5.65 Å². The largest absolute Gasteiger partial charge is 0.346 e. The third-order valence-corrected chi connectivity index (χ3v) is 4.17. The van der Waals surface area contributed by atoms with Gasteiger partial charge in [-0.15, -0.1) is 0 Å². The second-order valence-corrected chi connectivity index (χ2v) is 5.77. The van der Waals surface area contributed by atoms with Gasteiger partial charge in [0.05, 0.1) is 12.5 Å². The number of hydrogen-bond donors (Lipinski definition) is 3. The van der Waals surface area contributed by atoms with E-state index in [4.69, 9.17) is 0 Å². The molecule has 0 bridgehead atoms. The molecule has 1 amide bonds. The maximum absolute atomic E-state index is 12.2. The average molecular weight is 310 g/mol. The molecule has 1 saturated heterocycles. The molecule has 0 spiro atoms. The van der Waals surface area contributed by atoms with Gasteiger partial charge in [-0.05, 0) is 30.7 Å². The zero-order chi connectivity index (χ0) is 15.6. The Labute approximate surface area is 133 Å². The fourth-order valence-electron chi connectivity index (χ4n) is 2.99. The molecule has 3 N–H and O–H groups in total. The highest BCUT2D eigenvalue weighted by atomic mass is 16.1. The lowest BCUT2D eigenvalue weighted by Crippen LogP contribution is -2.16. The van der Waals surface area contributed by atoms with Gasteiger partial charge in [0.2, 0.25) is 5.91 Å². The molecule has 7 nitrogen and oxygen atoms in total. The molecule has 3 aromatic rings. The van der Waals surface area contributed by atoms with Crippen LogP contribution in [-0.2, 0) is 11.2 Å². The number of aromatic nitrogens is 4. The number of fused-ring (bicyclic) bond motifs is 1. The lowest BCUT2D eigenvalue weighted by molar-refractivity contribution is -0.115. The Kier molecular flexibility index (Phi) is 3.55. The summed E-state index contributed by atoms with van der Waals surface area (Å²) >= 11 is 0. The Hall–Kier alpha value is -2.67. The van der Waals surface area contributed by atoms with Crippen molar-refractivity contribution in [2.75, 3.05) is 18.4 Å². The highest BCUT2D eigenvalue weighted by molar-refractivity contribution is 5.94. The molecule has 4 rings (SSSR count). The molecule has 118 valence electrons. The first-order valence-corrected chi connectivity index (χ1v) is 7.76. The minimum Gasteiger partial charge on any atom is -0.346 e. The van der Waals surface area contributed by atoms with Gasteiger partial charge < -0.3 is 15.6 Å². The molecule has 0 radical (unpaired) electrons. The summed E-state index contributed by atoms with van der Waals surface area (Å²) in [5, 5.41) is 11.6. The standard InChI is InChI=1S/C16H18N6O/c23-15(8-11-9-19-16-13(11)2-1-5-18-16)20-14-4-7-22(21-14)12-3-6-17-10-12/h1-2,4-5,7,9,12,17H,3,6,8,10H2,(H,18,19)(H,20,21,23). The first-order chi connectivity index (χ1) is 11.3. The van der Waals surface area contributed by atoms with Crippen LogP contribution >= 0.6 is 0 Å². The van der Waals surface area contributed by atoms with Gasteiger partial charge >= 0.3 is 0 Å². The highest BCUT2D eigenvalue weighted by Crippen LogP contribution is 2.18. The number of carbonyl (C=O) groups is 1. The quantitative estimate of drug-likeness (QED) is 0.681. The SMILES string of the molecule is O=C(Cc1c[nH]c2ncccc12)Nc1ccn(C2CCNC2)n1. The van der Waals surface area contributed by atoms with Crippen LogP contribution in [0, 0.1) is 0 Å². The minimum absolute atomic E-state index is 0.0791. The molecule has 0 aliphatic carbocycles. The molecule has 1 atom stereocenters. The predicted molar refractivity (Wildman–Crippen MR) is 87.2 cm³/mol. The molecule has 23 heavy (non-hydrogen) atoms. The van der Waals surface area contributed by atoms with Crippen LogP contribution in [0.5, 0.6) is 0 Å². The van der Waals surface area contributed by atoms with Crippen molar-refractivity contribution in [3.8, 4) is 0 Å². The maximum atomic E-state index is 12.2. The van der Waals surface area contributed by atoms with Crippen molar-refractivity contribution in [3.05, 3.63) is 42.4 Å². The zero-order valence-electron chi connectivity index (χ0n) is 12.6. The molecule has 1 unspecified atom stereocenters. The van der Waals surface area contributed by atoms with Gasteiger partial charge in [-0.2, -0.15) is 5.10 Å². The van der Waals surface area contributed by atoms with E-state index in [1.54, 1.807) is 6.20 Å². The van der Waals surface area contributed by atoms with Gasteiger partial charge in [-0.3, -0.25) is 9.48 Å². The number of pyridine rings is 1. The number of anilines is 1. The second-order valence-electron chi connectivity index (χ2n) is 5.77. The van der Waals surface area contributed by atoms with E-state index < -0.39 is 0 Å². The summed E-state index contributed by atoms with van der Waals surface area (Å²) in [5.74, 6) is 0.518. The van der Waals surface area contributed by atoms with Crippen LogP contribution in [-0.4, -0.2) is 38.7 Å². The molecule has 0 aromatic carbocycles. The molecule has 7 heteroatoms. The Balaban J connectivity index is 1.43. The van der Waals surface area contributed by atoms with Crippen LogP contribution in [0.1, 0.15) is 18.0 Å². The Morgan fingerprint density at radius 1 is 1.43 bits per heavy atom. The molecule has 1 aliphatic heterocycles. The number of rotatable bonds is 4. The van der Waals surface area contributed by atoms with E-state index in [1.807, 2.05) is 35.3 Å². The van der Waals surface area contributed by atoms with Crippen LogP contribution in [0.15, 0.2) is 36.8 Å². The fraction of sp³-hybridized carbons (Fsp3) is 0.312. The average Bonchev–Trinajstić information content (AvgIpc) is 3.27. The van der Waals surface area contributed by atoms with Crippen LogP contribution in [0.2, 0.25) is 0 Å². The first-order valence-electron chi connectivity index (χ1n) is 7.76. The monoisotopic (exact) mass is 310 g/mol. The topological polar surface area (TPSA) is 87.6 Å². The van der Waals surface area contributed by atoms with E-state index in [2.05, 4.69) is 25.7 Å². The van der Waals surface area contributed by atoms with Crippen molar-refractivity contribution >= 4 is 22.8 Å². The normalized spacial score (nSPS) is 17.7. The number of amides is 1. The number of H-pyrrole nitrogens is 1. The number of hydrogen-bond acceptors (Lipinski definition) is 4. The van der Waals surface area contributed by atoms with Gasteiger partial charge in [-0.1, -0.05) is 0 Å².